The highest BCUT2D eigenvalue weighted by Gasteiger charge is 1.96. The number of hydrogen-bond donors (Lipinski definition) is 0. The van der Waals surface area contributed by atoms with Crippen LogP contribution in [0.1, 0.15) is 104 Å². The van der Waals surface area contributed by atoms with E-state index in [0.29, 0.717) is 0 Å². The average Bonchev–Trinajstić information content (AvgIpc) is 2.47. The van der Waals surface area contributed by atoms with Crippen molar-refractivity contribution in [3.8, 4) is 0 Å². The molecule has 0 fully saturated rings. The van der Waals surface area contributed by atoms with Crippen LogP contribution in [0.5, 0.6) is 0 Å². The number of hydrogen-bond acceptors (Lipinski definition) is 1. The summed E-state index contributed by atoms with van der Waals surface area (Å²) in [6.07, 6.45) is 21.1. The van der Waals surface area contributed by atoms with Crippen LogP contribution in [-0.2, 0) is 4.79 Å². The average molecular weight is 280 g/mol. The number of unbranched alkanes of at least 4 members (excludes halogenated alkanes) is 11. The van der Waals surface area contributed by atoms with Gasteiger partial charge in [0.2, 0.25) is 0 Å². The lowest BCUT2D eigenvalue weighted by molar-refractivity contribution is -0.105. The van der Waals surface area contributed by atoms with E-state index >= 15 is 0 Å². The molecule has 1 heteroatoms. The second-order valence-electron chi connectivity index (χ2n) is 5.97. The topological polar surface area (TPSA) is 17.1 Å². The molecule has 0 heterocycles. The van der Waals surface area contributed by atoms with Gasteiger partial charge in [-0.25, -0.2) is 0 Å². The summed E-state index contributed by atoms with van der Waals surface area (Å²) in [5.74, 6) is 0. The van der Waals surface area contributed by atoms with E-state index in [0.717, 1.165) is 24.7 Å². The predicted octanol–water partition coefficient (Wildman–Crippen LogP) is 6.61. The fourth-order valence-electron chi connectivity index (χ4n) is 2.53. The van der Waals surface area contributed by atoms with Gasteiger partial charge in [0.15, 0.2) is 0 Å². The van der Waals surface area contributed by atoms with Gasteiger partial charge in [-0.05, 0) is 31.3 Å². The zero-order valence-electron chi connectivity index (χ0n) is 14.0. The molecule has 0 aliphatic rings. The molecule has 20 heavy (non-hydrogen) atoms. The number of carbonyl (C=O) groups is 1. The minimum Gasteiger partial charge on any atom is -0.298 e. The van der Waals surface area contributed by atoms with Crippen molar-refractivity contribution in [3.63, 3.8) is 0 Å². The van der Waals surface area contributed by atoms with Gasteiger partial charge >= 0.3 is 0 Å². The molecule has 118 valence electrons. The predicted molar refractivity (Wildman–Crippen MR) is 90.1 cm³/mol. The molecule has 0 aliphatic carbocycles. The molecule has 0 rings (SSSR count). The highest BCUT2D eigenvalue weighted by Crippen LogP contribution is 2.13. The number of rotatable bonds is 15. The van der Waals surface area contributed by atoms with Gasteiger partial charge in [-0.1, -0.05) is 84.1 Å². The summed E-state index contributed by atoms with van der Waals surface area (Å²) < 4.78 is 0. The lowest BCUT2D eigenvalue weighted by atomic mass is 10.0. The van der Waals surface area contributed by atoms with Crippen LogP contribution in [0.25, 0.3) is 0 Å². The molecular formula is C19H36O. The van der Waals surface area contributed by atoms with E-state index in [1.165, 1.54) is 77.0 Å². The number of carbonyl (C=O) groups excluding carboxylic acids is 1. The molecule has 0 radical (unpaired) electrons. The summed E-state index contributed by atoms with van der Waals surface area (Å²) in [6, 6.07) is 0. The first-order valence-corrected chi connectivity index (χ1v) is 8.99. The molecule has 0 aromatic rings. The maximum atomic E-state index is 11.0. The van der Waals surface area contributed by atoms with Crippen molar-refractivity contribution >= 4 is 6.29 Å². The fourth-order valence-corrected chi connectivity index (χ4v) is 2.53. The first-order chi connectivity index (χ1) is 9.85. The van der Waals surface area contributed by atoms with E-state index in [2.05, 4.69) is 19.9 Å². The monoisotopic (exact) mass is 280 g/mol. The Hall–Kier alpha value is -0.590. The standard InChI is InChI=1S/C19H36O/c1-3-5-7-9-10-11-13-15-17-19(18-20)16-14-12-8-6-4-2/h17-18H,3-16H2,1-2H3. The third-order valence-corrected chi connectivity index (χ3v) is 3.93. The van der Waals surface area contributed by atoms with Gasteiger partial charge in [0.1, 0.15) is 6.29 Å². The van der Waals surface area contributed by atoms with Crippen LogP contribution < -0.4 is 0 Å². The van der Waals surface area contributed by atoms with Crippen LogP contribution in [0.15, 0.2) is 11.6 Å². The normalized spacial score (nSPS) is 11.8. The summed E-state index contributed by atoms with van der Waals surface area (Å²) in [5, 5.41) is 0. The van der Waals surface area contributed by atoms with Gasteiger partial charge in [0, 0.05) is 0 Å². The van der Waals surface area contributed by atoms with E-state index in [-0.39, 0.29) is 0 Å². The molecule has 0 amide bonds. The van der Waals surface area contributed by atoms with Crippen molar-refractivity contribution in [2.24, 2.45) is 0 Å². The van der Waals surface area contributed by atoms with Gasteiger partial charge in [-0.3, -0.25) is 4.79 Å². The van der Waals surface area contributed by atoms with E-state index < -0.39 is 0 Å². The third-order valence-electron chi connectivity index (χ3n) is 3.93. The maximum absolute atomic E-state index is 11.0. The molecule has 0 atom stereocenters. The lowest BCUT2D eigenvalue weighted by Crippen LogP contribution is -1.87. The minimum absolute atomic E-state index is 0.990. The molecule has 0 saturated heterocycles. The van der Waals surface area contributed by atoms with Crippen LogP contribution >= 0.6 is 0 Å². The Kier molecular flexibility index (Phi) is 16.0. The summed E-state index contributed by atoms with van der Waals surface area (Å²) in [5.41, 5.74) is 1.03. The van der Waals surface area contributed by atoms with Gasteiger partial charge in [-0.15, -0.1) is 0 Å². The number of aldehydes is 1. The largest absolute Gasteiger partial charge is 0.298 e. The summed E-state index contributed by atoms with van der Waals surface area (Å²) in [7, 11) is 0. The Labute approximate surface area is 127 Å². The van der Waals surface area contributed by atoms with E-state index in [9.17, 15) is 4.79 Å². The van der Waals surface area contributed by atoms with Crippen LogP contribution in [-0.4, -0.2) is 6.29 Å². The smallest absolute Gasteiger partial charge is 0.145 e. The van der Waals surface area contributed by atoms with E-state index in [1.54, 1.807) is 0 Å². The van der Waals surface area contributed by atoms with Gasteiger partial charge < -0.3 is 0 Å². The zero-order valence-corrected chi connectivity index (χ0v) is 14.0. The van der Waals surface area contributed by atoms with Crippen LogP contribution in [0.4, 0.5) is 0 Å². The summed E-state index contributed by atoms with van der Waals surface area (Å²) in [4.78, 5) is 11.0. The second-order valence-corrected chi connectivity index (χ2v) is 5.97. The Balaban J connectivity index is 3.46. The molecule has 0 aromatic heterocycles. The van der Waals surface area contributed by atoms with E-state index in [4.69, 9.17) is 0 Å². The Morgan fingerprint density at radius 3 is 1.75 bits per heavy atom. The molecule has 0 spiro atoms. The molecule has 0 aromatic carbocycles. The zero-order chi connectivity index (χ0) is 14.9. The van der Waals surface area contributed by atoms with Crippen LogP contribution in [0.3, 0.4) is 0 Å². The van der Waals surface area contributed by atoms with Crippen LogP contribution in [0.2, 0.25) is 0 Å². The molecule has 0 aliphatic heterocycles. The van der Waals surface area contributed by atoms with Crippen molar-refractivity contribution in [2.75, 3.05) is 0 Å². The maximum Gasteiger partial charge on any atom is 0.145 e. The van der Waals surface area contributed by atoms with Gasteiger partial charge in [-0.2, -0.15) is 0 Å². The Bertz CT molecular complexity index is 230. The third kappa shape index (κ3) is 13.8. The first-order valence-electron chi connectivity index (χ1n) is 8.99. The van der Waals surface area contributed by atoms with E-state index in [1.807, 2.05) is 0 Å². The minimum atomic E-state index is 0.990. The van der Waals surface area contributed by atoms with Gasteiger partial charge in [0.05, 0.1) is 0 Å². The van der Waals surface area contributed by atoms with Crippen molar-refractivity contribution in [2.45, 2.75) is 104 Å². The van der Waals surface area contributed by atoms with Crippen molar-refractivity contribution < 1.29 is 4.79 Å². The molecule has 0 N–H and O–H groups in total. The summed E-state index contributed by atoms with van der Waals surface area (Å²) in [6.45, 7) is 4.49. The molecule has 0 bridgehead atoms. The Morgan fingerprint density at radius 2 is 1.20 bits per heavy atom. The molecular weight excluding hydrogens is 244 g/mol. The highest BCUT2D eigenvalue weighted by molar-refractivity contribution is 5.72. The van der Waals surface area contributed by atoms with Crippen molar-refractivity contribution in [1.29, 1.82) is 0 Å². The lowest BCUT2D eigenvalue weighted by Gasteiger charge is -2.02. The van der Waals surface area contributed by atoms with Crippen molar-refractivity contribution in [1.82, 2.24) is 0 Å². The fraction of sp³-hybridized carbons (Fsp3) is 0.842. The quantitative estimate of drug-likeness (QED) is 0.187. The highest BCUT2D eigenvalue weighted by atomic mass is 16.1. The van der Waals surface area contributed by atoms with Gasteiger partial charge in [0.25, 0.3) is 0 Å². The molecule has 1 nitrogen and oxygen atoms in total. The first kappa shape index (κ1) is 19.4. The summed E-state index contributed by atoms with van der Waals surface area (Å²) >= 11 is 0. The van der Waals surface area contributed by atoms with Crippen LogP contribution in [0, 0.1) is 0 Å². The SMILES string of the molecule is CCCCCCCCCC=C(C=O)CCCCCCC. The second kappa shape index (κ2) is 16.5. The molecule has 0 unspecified atom stereocenters. The Morgan fingerprint density at radius 1 is 0.700 bits per heavy atom. The van der Waals surface area contributed by atoms with Crippen molar-refractivity contribution in [3.05, 3.63) is 11.6 Å². The number of allylic oxidation sites excluding steroid dienone is 2. The molecule has 0 saturated carbocycles.